The standard InChI is InChI=1S/C17H19N3O4/c1-12-18-15(19-24-12)13-3-2-4-14(11-13)16(21)20-7-5-17(6-8-20)22-9-10-23-17/h2-4,11H,5-10H2,1H3. The topological polar surface area (TPSA) is 77.7 Å². The van der Waals surface area contributed by atoms with Crippen LogP contribution in [0.1, 0.15) is 29.1 Å². The lowest BCUT2D eigenvalue weighted by Crippen LogP contribution is -2.47. The summed E-state index contributed by atoms with van der Waals surface area (Å²) in [6.45, 7) is 4.28. The van der Waals surface area contributed by atoms with Crippen LogP contribution >= 0.6 is 0 Å². The van der Waals surface area contributed by atoms with Crippen molar-refractivity contribution in [2.45, 2.75) is 25.6 Å². The van der Waals surface area contributed by atoms with Gasteiger partial charge in [0.1, 0.15) is 0 Å². The molecule has 0 N–H and O–H groups in total. The van der Waals surface area contributed by atoms with Crippen molar-refractivity contribution in [1.82, 2.24) is 15.0 Å². The number of amides is 1. The number of aryl methyl sites for hydroxylation is 1. The summed E-state index contributed by atoms with van der Waals surface area (Å²) in [5.74, 6) is 0.526. The van der Waals surface area contributed by atoms with Crippen LogP contribution in [0.5, 0.6) is 0 Å². The number of nitrogens with zero attached hydrogens (tertiary/aromatic N) is 3. The van der Waals surface area contributed by atoms with Gasteiger partial charge in [-0.25, -0.2) is 0 Å². The molecule has 2 saturated heterocycles. The molecule has 4 rings (SSSR count). The molecule has 1 aromatic heterocycles. The first-order valence-electron chi connectivity index (χ1n) is 8.13. The molecule has 2 aliphatic rings. The number of hydrogen-bond acceptors (Lipinski definition) is 6. The second-order valence-corrected chi connectivity index (χ2v) is 6.12. The summed E-state index contributed by atoms with van der Waals surface area (Å²) in [6.07, 6.45) is 1.42. The summed E-state index contributed by atoms with van der Waals surface area (Å²) in [5.41, 5.74) is 1.40. The monoisotopic (exact) mass is 329 g/mol. The Labute approximate surface area is 139 Å². The molecule has 0 saturated carbocycles. The van der Waals surface area contributed by atoms with Crippen molar-refractivity contribution in [2.24, 2.45) is 0 Å². The zero-order valence-corrected chi connectivity index (χ0v) is 13.5. The Morgan fingerprint density at radius 1 is 1.21 bits per heavy atom. The molecular formula is C17H19N3O4. The van der Waals surface area contributed by atoms with E-state index in [0.29, 0.717) is 56.4 Å². The molecule has 7 nitrogen and oxygen atoms in total. The molecule has 7 heteroatoms. The summed E-state index contributed by atoms with van der Waals surface area (Å²) < 4.78 is 16.4. The maximum atomic E-state index is 12.8. The molecule has 0 unspecified atom stereocenters. The molecule has 3 heterocycles. The third-order valence-corrected chi connectivity index (χ3v) is 4.52. The van der Waals surface area contributed by atoms with Gasteiger partial charge in [0, 0.05) is 44.0 Å². The van der Waals surface area contributed by atoms with Crippen LogP contribution < -0.4 is 0 Å². The fourth-order valence-electron chi connectivity index (χ4n) is 3.23. The number of benzene rings is 1. The third-order valence-electron chi connectivity index (χ3n) is 4.52. The van der Waals surface area contributed by atoms with Crippen molar-refractivity contribution >= 4 is 5.91 Å². The Bertz CT molecular complexity index is 742. The summed E-state index contributed by atoms with van der Waals surface area (Å²) in [4.78, 5) is 18.8. The smallest absolute Gasteiger partial charge is 0.253 e. The van der Waals surface area contributed by atoms with Gasteiger partial charge in [0.2, 0.25) is 11.7 Å². The Balaban J connectivity index is 1.49. The molecule has 1 spiro atoms. The van der Waals surface area contributed by atoms with Gasteiger partial charge in [0.25, 0.3) is 5.91 Å². The van der Waals surface area contributed by atoms with Gasteiger partial charge in [-0.3, -0.25) is 4.79 Å². The van der Waals surface area contributed by atoms with Crippen molar-refractivity contribution < 1.29 is 18.8 Å². The van der Waals surface area contributed by atoms with Gasteiger partial charge in [-0.15, -0.1) is 0 Å². The van der Waals surface area contributed by atoms with Crippen molar-refractivity contribution in [2.75, 3.05) is 26.3 Å². The van der Waals surface area contributed by atoms with Crippen LogP contribution in [-0.4, -0.2) is 53.0 Å². The van der Waals surface area contributed by atoms with Gasteiger partial charge in [-0.05, 0) is 12.1 Å². The predicted molar refractivity (Wildman–Crippen MR) is 84.2 cm³/mol. The normalized spacial score (nSPS) is 19.8. The fraction of sp³-hybridized carbons (Fsp3) is 0.471. The highest BCUT2D eigenvalue weighted by Gasteiger charge is 2.40. The third kappa shape index (κ3) is 2.81. The summed E-state index contributed by atoms with van der Waals surface area (Å²) in [7, 11) is 0. The second kappa shape index (κ2) is 5.99. The van der Waals surface area contributed by atoms with Crippen LogP contribution in [0.25, 0.3) is 11.4 Å². The number of ether oxygens (including phenoxy) is 2. The van der Waals surface area contributed by atoms with Crippen molar-refractivity contribution in [1.29, 1.82) is 0 Å². The van der Waals surface area contributed by atoms with E-state index >= 15 is 0 Å². The molecule has 0 atom stereocenters. The highest BCUT2D eigenvalue weighted by molar-refractivity contribution is 5.95. The zero-order chi connectivity index (χ0) is 16.6. The van der Waals surface area contributed by atoms with Crippen molar-refractivity contribution in [3.8, 4) is 11.4 Å². The minimum atomic E-state index is -0.471. The predicted octanol–water partition coefficient (Wildman–Crippen LogP) is 2.02. The highest BCUT2D eigenvalue weighted by Crippen LogP contribution is 2.32. The first-order chi connectivity index (χ1) is 11.7. The molecule has 0 aliphatic carbocycles. The maximum absolute atomic E-state index is 12.8. The Morgan fingerprint density at radius 3 is 2.62 bits per heavy atom. The highest BCUT2D eigenvalue weighted by atomic mass is 16.7. The van der Waals surface area contributed by atoms with E-state index < -0.39 is 5.79 Å². The van der Waals surface area contributed by atoms with Crippen LogP contribution in [0, 0.1) is 6.92 Å². The molecule has 1 aromatic carbocycles. The first-order valence-corrected chi connectivity index (χ1v) is 8.13. The van der Waals surface area contributed by atoms with Gasteiger partial charge in [0.15, 0.2) is 5.79 Å². The summed E-state index contributed by atoms with van der Waals surface area (Å²) >= 11 is 0. The Morgan fingerprint density at radius 2 is 1.96 bits per heavy atom. The number of hydrogen-bond donors (Lipinski definition) is 0. The number of rotatable bonds is 2. The van der Waals surface area contributed by atoms with E-state index in [1.807, 2.05) is 23.1 Å². The van der Waals surface area contributed by atoms with E-state index in [2.05, 4.69) is 10.1 Å². The van der Waals surface area contributed by atoms with Crippen LogP contribution in [0.3, 0.4) is 0 Å². The van der Waals surface area contributed by atoms with E-state index in [1.54, 1.807) is 13.0 Å². The van der Waals surface area contributed by atoms with Crippen LogP contribution in [-0.2, 0) is 9.47 Å². The lowest BCUT2D eigenvalue weighted by Gasteiger charge is -2.37. The lowest BCUT2D eigenvalue weighted by atomic mass is 10.0. The molecule has 2 aromatic rings. The number of likely N-dealkylation sites (tertiary alicyclic amines) is 1. The number of carbonyl (C=O) groups excluding carboxylic acids is 1. The van der Waals surface area contributed by atoms with Crippen molar-refractivity contribution in [3.63, 3.8) is 0 Å². The molecule has 126 valence electrons. The van der Waals surface area contributed by atoms with Gasteiger partial charge in [-0.1, -0.05) is 17.3 Å². The van der Waals surface area contributed by atoms with Gasteiger partial charge in [0.05, 0.1) is 13.2 Å². The van der Waals surface area contributed by atoms with E-state index in [-0.39, 0.29) is 5.91 Å². The van der Waals surface area contributed by atoms with E-state index in [4.69, 9.17) is 14.0 Å². The maximum Gasteiger partial charge on any atom is 0.253 e. The van der Waals surface area contributed by atoms with Gasteiger partial charge >= 0.3 is 0 Å². The second-order valence-electron chi connectivity index (χ2n) is 6.12. The van der Waals surface area contributed by atoms with E-state index in [9.17, 15) is 4.79 Å². The van der Waals surface area contributed by atoms with Gasteiger partial charge in [-0.2, -0.15) is 4.98 Å². The van der Waals surface area contributed by atoms with Crippen LogP contribution in [0.4, 0.5) is 0 Å². The molecule has 0 radical (unpaired) electrons. The van der Waals surface area contributed by atoms with Gasteiger partial charge < -0.3 is 18.9 Å². The molecular weight excluding hydrogens is 310 g/mol. The minimum absolute atomic E-state index is 0.00455. The Kier molecular flexibility index (Phi) is 3.82. The Hall–Kier alpha value is -2.25. The molecule has 1 amide bonds. The average Bonchev–Trinajstić information content (AvgIpc) is 3.25. The van der Waals surface area contributed by atoms with Crippen molar-refractivity contribution in [3.05, 3.63) is 35.7 Å². The molecule has 2 aliphatic heterocycles. The van der Waals surface area contributed by atoms with E-state index in [1.165, 1.54) is 0 Å². The molecule has 24 heavy (non-hydrogen) atoms. The summed E-state index contributed by atoms with van der Waals surface area (Å²) in [6, 6.07) is 7.32. The number of carbonyl (C=O) groups is 1. The number of piperidine rings is 1. The summed E-state index contributed by atoms with van der Waals surface area (Å²) in [5, 5.41) is 3.90. The van der Waals surface area contributed by atoms with Crippen LogP contribution in [0.15, 0.2) is 28.8 Å². The largest absolute Gasteiger partial charge is 0.347 e. The first kappa shape index (κ1) is 15.3. The zero-order valence-electron chi connectivity index (χ0n) is 13.5. The fourth-order valence-corrected chi connectivity index (χ4v) is 3.23. The van der Waals surface area contributed by atoms with E-state index in [0.717, 1.165) is 5.56 Å². The molecule has 2 fully saturated rings. The SMILES string of the molecule is Cc1nc(-c2cccc(C(=O)N3CCC4(CC3)OCCO4)c2)no1. The van der Waals surface area contributed by atoms with Crippen LogP contribution in [0.2, 0.25) is 0 Å². The number of aromatic nitrogens is 2. The minimum Gasteiger partial charge on any atom is -0.347 e. The lowest BCUT2D eigenvalue weighted by molar-refractivity contribution is -0.181. The molecule has 0 bridgehead atoms. The quantitative estimate of drug-likeness (QED) is 0.839. The average molecular weight is 329 g/mol.